The fourth-order valence-electron chi connectivity index (χ4n) is 2.61. The van der Waals surface area contributed by atoms with Crippen LogP contribution in [0.5, 0.6) is 0 Å². The summed E-state index contributed by atoms with van der Waals surface area (Å²) < 4.78 is 0. The summed E-state index contributed by atoms with van der Waals surface area (Å²) in [6.45, 7) is 0. The molecule has 2 aliphatic carbocycles. The van der Waals surface area contributed by atoms with Crippen molar-refractivity contribution in [3.8, 4) is 0 Å². The molecule has 0 aromatic rings. The molecular formula is C9H13NO3. The molecule has 0 unspecified atom stereocenters. The Balaban J connectivity index is 2.33. The maximum Gasteiger partial charge on any atom is 0.315 e. The van der Waals surface area contributed by atoms with Gasteiger partial charge in [0.15, 0.2) is 0 Å². The minimum absolute atomic E-state index is 0.519. The quantitative estimate of drug-likeness (QED) is 0.656. The summed E-state index contributed by atoms with van der Waals surface area (Å²) in [6.07, 6.45) is 3.31. The van der Waals surface area contributed by atoms with Crippen LogP contribution in [0.4, 0.5) is 0 Å². The van der Waals surface area contributed by atoms with Crippen molar-refractivity contribution in [2.24, 2.45) is 16.5 Å². The largest absolute Gasteiger partial charge is 0.481 e. The highest BCUT2D eigenvalue weighted by atomic mass is 16.6. The van der Waals surface area contributed by atoms with Crippen molar-refractivity contribution in [3.63, 3.8) is 0 Å². The van der Waals surface area contributed by atoms with Crippen molar-refractivity contribution >= 4 is 11.7 Å². The van der Waals surface area contributed by atoms with E-state index in [0.717, 1.165) is 31.4 Å². The van der Waals surface area contributed by atoms with Crippen molar-refractivity contribution in [1.82, 2.24) is 0 Å². The molecule has 4 nitrogen and oxygen atoms in total. The standard InChI is InChI=1S/C9H13NO3/c1-13-10-7-4-6-2-3-9(7,5-6)8(11)12/h6H,2-5H2,1H3,(H,11,12)/b10-7-/t6-,9-/m1/s1. The maximum absolute atomic E-state index is 11.1. The van der Waals surface area contributed by atoms with E-state index in [9.17, 15) is 4.79 Å². The SMILES string of the molecule is CO/N=C1/C[C@H]2CC[C@@]1(C(=O)O)C2. The van der Waals surface area contributed by atoms with Gasteiger partial charge in [0, 0.05) is 0 Å². The van der Waals surface area contributed by atoms with Gasteiger partial charge in [-0.2, -0.15) is 0 Å². The van der Waals surface area contributed by atoms with E-state index >= 15 is 0 Å². The van der Waals surface area contributed by atoms with Crippen molar-refractivity contribution in [3.05, 3.63) is 0 Å². The molecule has 2 saturated carbocycles. The van der Waals surface area contributed by atoms with E-state index in [0.29, 0.717) is 5.92 Å². The van der Waals surface area contributed by atoms with Gasteiger partial charge in [0.05, 0.1) is 5.71 Å². The van der Waals surface area contributed by atoms with Crippen LogP contribution in [0.15, 0.2) is 5.16 Å². The Labute approximate surface area is 76.6 Å². The molecule has 1 N–H and O–H groups in total. The first-order valence-electron chi connectivity index (χ1n) is 4.53. The van der Waals surface area contributed by atoms with Gasteiger partial charge in [-0.25, -0.2) is 0 Å². The average molecular weight is 183 g/mol. The molecule has 2 fully saturated rings. The number of hydrogen-bond acceptors (Lipinski definition) is 3. The van der Waals surface area contributed by atoms with Crippen LogP contribution in [0.2, 0.25) is 0 Å². The van der Waals surface area contributed by atoms with Crippen LogP contribution >= 0.6 is 0 Å². The van der Waals surface area contributed by atoms with Gasteiger partial charge in [-0.05, 0) is 31.6 Å². The lowest BCUT2D eigenvalue weighted by Crippen LogP contribution is -2.34. The summed E-state index contributed by atoms with van der Waals surface area (Å²) in [6, 6.07) is 0. The third-order valence-electron chi connectivity index (χ3n) is 3.26. The lowest BCUT2D eigenvalue weighted by atomic mass is 9.82. The molecule has 13 heavy (non-hydrogen) atoms. The van der Waals surface area contributed by atoms with Crippen LogP contribution in [0.1, 0.15) is 25.7 Å². The first kappa shape index (κ1) is 8.53. The van der Waals surface area contributed by atoms with Crippen LogP contribution in [-0.2, 0) is 9.63 Å². The minimum atomic E-state index is -0.733. The van der Waals surface area contributed by atoms with E-state index in [2.05, 4.69) is 9.99 Å². The lowest BCUT2D eigenvalue weighted by molar-refractivity contribution is -0.144. The third-order valence-corrected chi connectivity index (χ3v) is 3.26. The molecule has 0 aromatic heterocycles. The molecule has 0 spiro atoms. The smallest absolute Gasteiger partial charge is 0.315 e. The van der Waals surface area contributed by atoms with Crippen molar-refractivity contribution in [1.29, 1.82) is 0 Å². The van der Waals surface area contributed by atoms with Gasteiger partial charge >= 0.3 is 5.97 Å². The highest BCUT2D eigenvalue weighted by Crippen LogP contribution is 2.52. The van der Waals surface area contributed by atoms with Gasteiger partial charge in [0.2, 0.25) is 0 Å². The van der Waals surface area contributed by atoms with E-state index in [-0.39, 0.29) is 0 Å². The summed E-state index contributed by atoms with van der Waals surface area (Å²) in [5.74, 6) is -0.215. The van der Waals surface area contributed by atoms with E-state index in [1.54, 1.807) is 0 Å². The van der Waals surface area contributed by atoms with E-state index in [4.69, 9.17) is 5.11 Å². The predicted octanol–water partition coefficient (Wildman–Crippen LogP) is 1.26. The van der Waals surface area contributed by atoms with Gasteiger partial charge in [0.1, 0.15) is 12.5 Å². The molecule has 0 amide bonds. The molecule has 2 bridgehead atoms. The Morgan fingerprint density at radius 1 is 1.77 bits per heavy atom. The molecular weight excluding hydrogens is 170 g/mol. The zero-order chi connectivity index (χ0) is 9.47. The van der Waals surface area contributed by atoms with Crippen LogP contribution in [0.25, 0.3) is 0 Å². The van der Waals surface area contributed by atoms with Crippen LogP contribution in [0.3, 0.4) is 0 Å². The average Bonchev–Trinajstić information content (AvgIpc) is 2.62. The third kappa shape index (κ3) is 1.04. The summed E-state index contributed by atoms with van der Waals surface area (Å²) in [5, 5.41) is 13.0. The zero-order valence-electron chi connectivity index (χ0n) is 7.62. The number of hydrogen-bond donors (Lipinski definition) is 1. The van der Waals surface area contributed by atoms with Crippen LogP contribution in [0, 0.1) is 11.3 Å². The molecule has 0 radical (unpaired) electrons. The molecule has 2 aliphatic rings. The minimum Gasteiger partial charge on any atom is -0.481 e. The van der Waals surface area contributed by atoms with E-state index in [1.165, 1.54) is 7.11 Å². The van der Waals surface area contributed by atoms with Gasteiger partial charge in [-0.15, -0.1) is 0 Å². The monoisotopic (exact) mass is 183 g/mol. The number of oxime groups is 1. The number of nitrogens with zero attached hydrogens (tertiary/aromatic N) is 1. The second-order valence-electron chi connectivity index (χ2n) is 3.92. The zero-order valence-corrected chi connectivity index (χ0v) is 7.62. The Kier molecular flexibility index (Phi) is 1.78. The number of fused-ring (bicyclic) bond motifs is 2. The fourth-order valence-corrected chi connectivity index (χ4v) is 2.61. The summed E-state index contributed by atoms with van der Waals surface area (Å²) >= 11 is 0. The Morgan fingerprint density at radius 2 is 2.54 bits per heavy atom. The van der Waals surface area contributed by atoms with Gasteiger partial charge in [-0.1, -0.05) is 5.16 Å². The molecule has 0 aliphatic heterocycles. The summed E-state index contributed by atoms with van der Waals surface area (Å²) in [7, 11) is 1.47. The van der Waals surface area contributed by atoms with Crippen molar-refractivity contribution < 1.29 is 14.7 Å². The second kappa shape index (κ2) is 2.72. The Hall–Kier alpha value is -1.06. The molecule has 0 saturated heterocycles. The van der Waals surface area contributed by atoms with Gasteiger partial charge < -0.3 is 9.94 Å². The Bertz CT molecular complexity index is 274. The van der Waals surface area contributed by atoms with Crippen LogP contribution in [-0.4, -0.2) is 23.9 Å². The van der Waals surface area contributed by atoms with E-state index in [1.807, 2.05) is 0 Å². The first-order chi connectivity index (χ1) is 6.19. The number of rotatable bonds is 2. The highest BCUT2D eigenvalue weighted by Gasteiger charge is 2.55. The Morgan fingerprint density at radius 3 is 3.08 bits per heavy atom. The molecule has 2 rings (SSSR count). The van der Waals surface area contributed by atoms with Gasteiger partial charge in [-0.3, -0.25) is 4.79 Å². The number of carboxylic acids is 1. The predicted molar refractivity (Wildman–Crippen MR) is 46.5 cm³/mol. The van der Waals surface area contributed by atoms with Crippen LogP contribution < -0.4 is 0 Å². The highest BCUT2D eigenvalue weighted by molar-refractivity contribution is 6.08. The molecule has 0 aromatic carbocycles. The summed E-state index contributed by atoms with van der Waals surface area (Å²) in [5.41, 5.74) is 0.0551. The first-order valence-corrected chi connectivity index (χ1v) is 4.53. The second-order valence-corrected chi connectivity index (χ2v) is 3.92. The maximum atomic E-state index is 11.1. The molecule has 2 atom stereocenters. The molecule has 4 heteroatoms. The normalized spacial score (nSPS) is 39.8. The van der Waals surface area contributed by atoms with E-state index < -0.39 is 11.4 Å². The van der Waals surface area contributed by atoms with Crippen molar-refractivity contribution in [2.75, 3.05) is 7.11 Å². The number of carboxylic acid groups (broad SMARTS) is 1. The summed E-state index contributed by atoms with van der Waals surface area (Å²) in [4.78, 5) is 15.8. The molecule has 0 heterocycles. The lowest BCUT2D eigenvalue weighted by Gasteiger charge is -2.21. The van der Waals surface area contributed by atoms with Gasteiger partial charge in [0.25, 0.3) is 0 Å². The fraction of sp³-hybridized carbons (Fsp3) is 0.778. The number of carbonyl (C=O) groups is 1. The molecule has 72 valence electrons. The van der Waals surface area contributed by atoms with Crippen molar-refractivity contribution in [2.45, 2.75) is 25.7 Å². The topological polar surface area (TPSA) is 58.9 Å². The number of aliphatic carboxylic acids is 1.